The summed E-state index contributed by atoms with van der Waals surface area (Å²) in [5, 5.41) is 0. The molecule has 1 aromatic rings. The van der Waals surface area contributed by atoms with E-state index in [1.807, 2.05) is 4.90 Å². The predicted octanol–water partition coefficient (Wildman–Crippen LogP) is 3.46. The van der Waals surface area contributed by atoms with Crippen molar-refractivity contribution in [3.8, 4) is 0 Å². The first-order chi connectivity index (χ1) is 17.1. The molecule has 1 aliphatic carbocycles. The van der Waals surface area contributed by atoms with Crippen LogP contribution in [0.15, 0.2) is 24.3 Å². The number of urea groups is 1. The van der Waals surface area contributed by atoms with Crippen LogP contribution in [0.5, 0.6) is 0 Å². The van der Waals surface area contributed by atoms with Gasteiger partial charge in [-0.25, -0.2) is 4.79 Å². The Balaban J connectivity index is 1.17. The van der Waals surface area contributed by atoms with Crippen LogP contribution in [-0.2, 0) is 25.9 Å². The second-order valence-electron chi connectivity index (χ2n) is 10.7. The van der Waals surface area contributed by atoms with E-state index in [0.29, 0.717) is 63.8 Å². The van der Waals surface area contributed by atoms with E-state index in [1.165, 1.54) is 6.07 Å². The predicted molar refractivity (Wildman–Crippen MR) is 124 cm³/mol. The number of amides is 3. The largest absolute Gasteiger partial charge is 0.416 e. The van der Waals surface area contributed by atoms with E-state index in [1.54, 1.807) is 22.9 Å². The number of likely N-dealkylation sites (N-methyl/N-ethyl adjacent to an activating group) is 1. The summed E-state index contributed by atoms with van der Waals surface area (Å²) < 4.78 is 45.3. The second kappa shape index (κ2) is 9.36. The number of ketones is 1. The molecule has 10 heteroatoms. The highest BCUT2D eigenvalue weighted by molar-refractivity contribution is 5.91. The van der Waals surface area contributed by atoms with Gasteiger partial charge in [-0.05, 0) is 43.7 Å². The van der Waals surface area contributed by atoms with E-state index in [2.05, 4.69) is 0 Å². The SMILES string of the molecule is CN(C(=O)C1(c2cccc(C(F)(F)F)c2)CC1)C1CCN(C(=O)N2CC[C@@H]3OCC(=O)C[C@@H]3C2)CC1. The fourth-order valence-electron chi connectivity index (χ4n) is 6.04. The molecule has 0 N–H and O–H groups in total. The first-order valence-electron chi connectivity index (χ1n) is 12.7. The molecule has 0 radical (unpaired) electrons. The molecule has 0 aromatic heterocycles. The van der Waals surface area contributed by atoms with Crippen molar-refractivity contribution in [3.63, 3.8) is 0 Å². The number of benzene rings is 1. The summed E-state index contributed by atoms with van der Waals surface area (Å²) in [5.41, 5.74) is -1.19. The van der Waals surface area contributed by atoms with Gasteiger partial charge in [0.1, 0.15) is 6.61 Å². The molecular formula is C26H32F3N3O4. The van der Waals surface area contributed by atoms with Gasteiger partial charge < -0.3 is 19.4 Å². The summed E-state index contributed by atoms with van der Waals surface area (Å²) >= 11 is 0. The Kier molecular flexibility index (Phi) is 6.51. The lowest BCUT2D eigenvalue weighted by Gasteiger charge is -2.44. The topological polar surface area (TPSA) is 70.2 Å². The molecule has 3 aliphatic heterocycles. The van der Waals surface area contributed by atoms with Gasteiger partial charge in [0.25, 0.3) is 0 Å². The third-order valence-electron chi connectivity index (χ3n) is 8.39. The number of nitrogens with zero attached hydrogens (tertiary/aromatic N) is 3. The van der Waals surface area contributed by atoms with E-state index in [0.717, 1.165) is 18.6 Å². The van der Waals surface area contributed by atoms with Gasteiger partial charge in [-0.15, -0.1) is 0 Å². The summed E-state index contributed by atoms with van der Waals surface area (Å²) in [6.07, 6.45) is -0.899. The zero-order chi connectivity index (χ0) is 25.7. The van der Waals surface area contributed by atoms with Crippen molar-refractivity contribution in [1.82, 2.24) is 14.7 Å². The lowest BCUT2D eigenvalue weighted by molar-refractivity contribution is -0.140. The van der Waals surface area contributed by atoms with Crippen LogP contribution in [0.4, 0.5) is 18.0 Å². The van der Waals surface area contributed by atoms with Crippen LogP contribution in [0.2, 0.25) is 0 Å². The first-order valence-corrected chi connectivity index (χ1v) is 12.7. The van der Waals surface area contributed by atoms with Crippen molar-refractivity contribution in [2.75, 3.05) is 39.8 Å². The Morgan fingerprint density at radius 1 is 1.08 bits per heavy atom. The lowest BCUT2D eigenvalue weighted by atomic mass is 9.88. The fraction of sp³-hybridized carbons (Fsp3) is 0.654. The maximum absolute atomic E-state index is 13.4. The lowest BCUT2D eigenvalue weighted by Crippen LogP contribution is -2.56. The number of alkyl halides is 3. The highest BCUT2D eigenvalue weighted by Gasteiger charge is 2.54. The number of halogens is 3. The van der Waals surface area contributed by atoms with Gasteiger partial charge >= 0.3 is 12.2 Å². The van der Waals surface area contributed by atoms with E-state index < -0.39 is 17.2 Å². The molecule has 36 heavy (non-hydrogen) atoms. The van der Waals surface area contributed by atoms with Crippen molar-refractivity contribution < 1.29 is 32.3 Å². The Morgan fingerprint density at radius 2 is 1.78 bits per heavy atom. The Labute approximate surface area is 208 Å². The molecule has 4 fully saturated rings. The minimum Gasteiger partial charge on any atom is -0.370 e. The normalized spacial score (nSPS) is 26.4. The molecule has 1 saturated carbocycles. The molecule has 2 atom stereocenters. The van der Waals surface area contributed by atoms with Crippen molar-refractivity contribution in [1.29, 1.82) is 0 Å². The maximum atomic E-state index is 13.4. The molecule has 3 amide bonds. The summed E-state index contributed by atoms with van der Waals surface area (Å²) in [5.74, 6) is -0.0101. The number of likely N-dealkylation sites (tertiary alicyclic amines) is 2. The van der Waals surface area contributed by atoms with E-state index in [-0.39, 0.29) is 42.4 Å². The van der Waals surface area contributed by atoms with Gasteiger partial charge in [-0.1, -0.05) is 18.2 Å². The highest BCUT2D eigenvalue weighted by Crippen LogP contribution is 2.50. The minimum atomic E-state index is -4.45. The number of piperidine rings is 2. The van der Waals surface area contributed by atoms with Crippen molar-refractivity contribution >= 4 is 17.7 Å². The van der Waals surface area contributed by atoms with Crippen LogP contribution >= 0.6 is 0 Å². The Bertz CT molecular complexity index is 1030. The summed E-state index contributed by atoms with van der Waals surface area (Å²) in [6.45, 7) is 2.32. The molecule has 0 spiro atoms. The Hall–Kier alpha value is -2.62. The van der Waals surface area contributed by atoms with Gasteiger partial charge in [0, 0.05) is 51.6 Å². The van der Waals surface area contributed by atoms with E-state index >= 15 is 0 Å². The molecule has 4 aliphatic rings. The van der Waals surface area contributed by atoms with Gasteiger partial charge in [0.15, 0.2) is 5.78 Å². The number of Topliss-reactive ketones (excluding diaryl/α,β-unsaturated/α-hetero) is 1. The Morgan fingerprint density at radius 3 is 2.44 bits per heavy atom. The zero-order valence-corrected chi connectivity index (χ0v) is 20.4. The number of rotatable bonds is 3. The summed E-state index contributed by atoms with van der Waals surface area (Å²) in [6, 6.07) is 5.01. The van der Waals surface area contributed by atoms with E-state index in [4.69, 9.17) is 4.74 Å². The van der Waals surface area contributed by atoms with Crippen LogP contribution in [0.3, 0.4) is 0 Å². The fourth-order valence-corrected chi connectivity index (χ4v) is 6.04. The molecular weight excluding hydrogens is 475 g/mol. The first kappa shape index (κ1) is 25.0. The van der Waals surface area contributed by atoms with E-state index in [9.17, 15) is 27.6 Å². The number of carbonyl (C=O) groups is 3. The molecule has 7 nitrogen and oxygen atoms in total. The molecule has 196 valence electrons. The average Bonchev–Trinajstić information content (AvgIpc) is 3.69. The molecule has 3 heterocycles. The van der Waals surface area contributed by atoms with Crippen molar-refractivity contribution in [2.24, 2.45) is 5.92 Å². The van der Waals surface area contributed by atoms with Crippen molar-refractivity contribution in [2.45, 2.75) is 62.3 Å². The summed E-state index contributed by atoms with van der Waals surface area (Å²) in [4.78, 5) is 43.6. The number of hydrogen-bond donors (Lipinski definition) is 0. The van der Waals surface area contributed by atoms with Gasteiger partial charge in [-0.3, -0.25) is 9.59 Å². The third-order valence-corrected chi connectivity index (χ3v) is 8.39. The molecule has 0 bridgehead atoms. The highest BCUT2D eigenvalue weighted by atomic mass is 19.4. The van der Waals surface area contributed by atoms with Gasteiger partial charge in [-0.2, -0.15) is 13.2 Å². The standard InChI is InChI=1S/C26H32F3N3O4/c1-30(23(34)25(8-9-25)18-3-2-4-19(14-18)26(27,28)29)20-5-10-31(11-6-20)24(35)32-12-7-22-17(15-32)13-21(33)16-36-22/h2-4,14,17,20,22H,5-13,15-16H2,1H3/t17-,22+/m1/s1. The smallest absolute Gasteiger partial charge is 0.370 e. The van der Waals surface area contributed by atoms with Gasteiger partial charge in [0.2, 0.25) is 5.91 Å². The number of carbonyl (C=O) groups excluding carboxylic acids is 3. The minimum absolute atomic E-state index is 0.0402. The monoisotopic (exact) mass is 507 g/mol. The van der Waals surface area contributed by atoms with Crippen LogP contribution in [0.1, 0.15) is 49.7 Å². The molecule has 3 saturated heterocycles. The zero-order valence-electron chi connectivity index (χ0n) is 20.4. The molecule has 0 unspecified atom stereocenters. The molecule has 1 aromatic carbocycles. The number of hydrogen-bond acceptors (Lipinski definition) is 4. The second-order valence-corrected chi connectivity index (χ2v) is 10.7. The quantitative estimate of drug-likeness (QED) is 0.629. The number of ether oxygens (including phenoxy) is 1. The van der Waals surface area contributed by atoms with Crippen LogP contribution in [-0.4, -0.2) is 84.4 Å². The molecule has 5 rings (SSSR count). The van der Waals surface area contributed by atoms with Crippen molar-refractivity contribution in [3.05, 3.63) is 35.4 Å². The average molecular weight is 508 g/mol. The van der Waals surface area contributed by atoms with Crippen LogP contribution in [0, 0.1) is 5.92 Å². The third kappa shape index (κ3) is 4.71. The van der Waals surface area contributed by atoms with Crippen LogP contribution in [0.25, 0.3) is 0 Å². The van der Waals surface area contributed by atoms with Gasteiger partial charge in [0.05, 0.1) is 17.1 Å². The number of fused-ring (bicyclic) bond motifs is 1. The summed E-state index contributed by atoms with van der Waals surface area (Å²) in [7, 11) is 1.73. The maximum Gasteiger partial charge on any atom is 0.416 e. The van der Waals surface area contributed by atoms with Crippen LogP contribution < -0.4 is 0 Å².